The lowest BCUT2D eigenvalue weighted by molar-refractivity contribution is -0.384. The number of carbonyl (C=O) groups excluding carboxylic acids is 1. The zero-order valence-electron chi connectivity index (χ0n) is 13.0. The molecule has 2 aromatic rings. The van der Waals surface area contributed by atoms with Gasteiger partial charge in [0.15, 0.2) is 5.69 Å². The van der Waals surface area contributed by atoms with Gasteiger partial charge in [-0.15, -0.1) is 12.4 Å². The van der Waals surface area contributed by atoms with Crippen molar-refractivity contribution in [2.45, 2.75) is 32.2 Å². The van der Waals surface area contributed by atoms with Gasteiger partial charge in [-0.05, 0) is 18.9 Å². The van der Waals surface area contributed by atoms with Gasteiger partial charge in [-0.1, -0.05) is 13.8 Å². The standard InChI is InChI=1S/C14H19N5O3.ClH/c1-3-14(4-2,8-15)16-13(20)12-10-7-9(19(21)22)5-6-11(10)17-18-12;/h5-7H,3-4,8,15H2,1-2H3,(H,16,20)(H,17,18);1H. The summed E-state index contributed by atoms with van der Waals surface area (Å²) in [4.78, 5) is 22.8. The number of aromatic amines is 1. The van der Waals surface area contributed by atoms with Crippen molar-refractivity contribution in [3.05, 3.63) is 34.0 Å². The van der Waals surface area contributed by atoms with Crippen LogP contribution in [0.15, 0.2) is 18.2 Å². The topological polar surface area (TPSA) is 127 Å². The van der Waals surface area contributed by atoms with E-state index in [2.05, 4.69) is 15.5 Å². The minimum absolute atomic E-state index is 0. The van der Waals surface area contributed by atoms with Gasteiger partial charge in [0, 0.05) is 24.1 Å². The molecule has 8 nitrogen and oxygen atoms in total. The third kappa shape index (κ3) is 3.59. The molecule has 1 amide bonds. The number of nitrogens with one attached hydrogen (secondary N) is 2. The lowest BCUT2D eigenvalue weighted by Crippen LogP contribution is -2.53. The quantitative estimate of drug-likeness (QED) is 0.548. The van der Waals surface area contributed by atoms with Gasteiger partial charge in [0.25, 0.3) is 11.6 Å². The van der Waals surface area contributed by atoms with E-state index in [0.717, 1.165) is 0 Å². The molecule has 1 heterocycles. The first kappa shape index (κ1) is 18.9. The number of non-ortho nitro benzene ring substituents is 1. The Morgan fingerprint density at radius 2 is 2.09 bits per heavy atom. The van der Waals surface area contributed by atoms with Gasteiger partial charge < -0.3 is 11.1 Å². The maximum Gasteiger partial charge on any atom is 0.272 e. The van der Waals surface area contributed by atoms with Crippen molar-refractivity contribution in [2.24, 2.45) is 5.73 Å². The van der Waals surface area contributed by atoms with Crippen molar-refractivity contribution < 1.29 is 9.72 Å². The van der Waals surface area contributed by atoms with E-state index in [1.165, 1.54) is 18.2 Å². The van der Waals surface area contributed by atoms with Crippen LogP contribution in [0, 0.1) is 10.1 Å². The van der Waals surface area contributed by atoms with E-state index in [1.54, 1.807) is 0 Å². The van der Waals surface area contributed by atoms with Gasteiger partial charge >= 0.3 is 0 Å². The Morgan fingerprint density at radius 3 is 2.61 bits per heavy atom. The summed E-state index contributed by atoms with van der Waals surface area (Å²) in [7, 11) is 0. The summed E-state index contributed by atoms with van der Waals surface area (Å²) in [5.74, 6) is -0.388. The molecule has 0 aliphatic heterocycles. The Bertz CT molecular complexity index is 703. The number of nitro groups is 1. The molecular formula is C14H20ClN5O3. The number of nitrogens with two attached hydrogens (primary N) is 1. The number of amides is 1. The minimum atomic E-state index is -0.504. The first-order chi connectivity index (χ1) is 10.5. The van der Waals surface area contributed by atoms with Crippen LogP contribution in [0.3, 0.4) is 0 Å². The highest BCUT2D eigenvalue weighted by atomic mass is 35.5. The summed E-state index contributed by atoms with van der Waals surface area (Å²) >= 11 is 0. The van der Waals surface area contributed by atoms with Crippen LogP contribution in [-0.4, -0.2) is 33.1 Å². The minimum Gasteiger partial charge on any atom is -0.344 e. The van der Waals surface area contributed by atoms with Crippen molar-refractivity contribution >= 4 is 34.9 Å². The number of benzene rings is 1. The largest absolute Gasteiger partial charge is 0.344 e. The molecule has 0 saturated carbocycles. The Morgan fingerprint density at radius 1 is 1.43 bits per heavy atom. The number of nitrogens with zero attached hydrogens (tertiary/aromatic N) is 2. The van der Waals surface area contributed by atoms with E-state index in [-0.39, 0.29) is 29.7 Å². The van der Waals surface area contributed by atoms with Crippen molar-refractivity contribution in [1.82, 2.24) is 15.5 Å². The molecule has 0 fully saturated rings. The molecule has 0 spiro atoms. The van der Waals surface area contributed by atoms with Gasteiger partial charge in [-0.25, -0.2) is 0 Å². The summed E-state index contributed by atoms with van der Waals surface area (Å²) < 4.78 is 0. The molecule has 0 atom stereocenters. The maximum absolute atomic E-state index is 12.5. The van der Waals surface area contributed by atoms with Crippen LogP contribution in [0.1, 0.15) is 37.2 Å². The average molecular weight is 342 g/mol. The third-order valence-electron chi connectivity index (χ3n) is 4.10. The highest BCUT2D eigenvalue weighted by molar-refractivity contribution is 6.05. The molecule has 2 rings (SSSR count). The Balaban J connectivity index is 0.00000264. The number of H-pyrrole nitrogens is 1. The summed E-state index contributed by atoms with van der Waals surface area (Å²) in [6, 6.07) is 4.24. The summed E-state index contributed by atoms with van der Waals surface area (Å²) in [5, 5.41) is 20.9. The number of halogens is 1. The zero-order valence-corrected chi connectivity index (χ0v) is 13.8. The Kier molecular flexibility index (Phi) is 6.05. The van der Waals surface area contributed by atoms with Crippen LogP contribution in [-0.2, 0) is 0 Å². The second-order valence-electron chi connectivity index (χ2n) is 5.20. The molecular weight excluding hydrogens is 322 g/mol. The van der Waals surface area contributed by atoms with E-state index < -0.39 is 10.5 Å². The van der Waals surface area contributed by atoms with E-state index in [1.807, 2.05) is 13.8 Å². The van der Waals surface area contributed by atoms with E-state index in [0.29, 0.717) is 30.3 Å². The second-order valence-corrected chi connectivity index (χ2v) is 5.20. The highest BCUT2D eigenvalue weighted by Crippen LogP contribution is 2.23. The Labute approximate surface area is 139 Å². The van der Waals surface area contributed by atoms with Crippen molar-refractivity contribution in [1.29, 1.82) is 0 Å². The van der Waals surface area contributed by atoms with Gasteiger partial charge in [-0.2, -0.15) is 5.10 Å². The van der Waals surface area contributed by atoms with Crippen LogP contribution >= 0.6 is 12.4 Å². The molecule has 4 N–H and O–H groups in total. The molecule has 0 unspecified atom stereocenters. The van der Waals surface area contributed by atoms with Crippen LogP contribution < -0.4 is 11.1 Å². The smallest absolute Gasteiger partial charge is 0.272 e. The van der Waals surface area contributed by atoms with E-state index in [4.69, 9.17) is 5.73 Å². The summed E-state index contributed by atoms with van der Waals surface area (Å²) in [6.45, 7) is 4.21. The van der Waals surface area contributed by atoms with Gasteiger partial charge in [0.2, 0.25) is 0 Å². The van der Waals surface area contributed by atoms with Crippen LogP contribution in [0.4, 0.5) is 5.69 Å². The fourth-order valence-electron chi connectivity index (χ4n) is 2.36. The fourth-order valence-corrected chi connectivity index (χ4v) is 2.36. The number of fused-ring (bicyclic) bond motifs is 1. The maximum atomic E-state index is 12.5. The number of carbonyl (C=O) groups is 1. The monoisotopic (exact) mass is 341 g/mol. The molecule has 9 heteroatoms. The lowest BCUT2D eigenvalue weighted by atomic mass is 9.92. The first-order valence-electron chi connectivity index (χ1n) is 7.11. The molecule has 23 heavy (non-hydrogen) atoms. The number of hydrogen-bond donors (Lipinski definition) is 3. The first-order valence-corrected chi connectivity index (χ1v) is 7.11. The zero-order chi connectivity index (χ0) is 16.3. The molecule has 0 bridgehead atoms. The molecule has 0 radical (unpaired) electrons. The van der Waals surface area contributed by atoms with Crippen LogP contribution in [0.25, 0.3) is 10.9 Å². The predicted octanol–water partition coefficient (Wildman–Crippen LogP) is 2.14. The normalized spacial score (nSPS) is 11.1. The SMILES string of the molecule is CCC(CC)(CN)NC(=O)c1n[nH]c2ccc([N+](=O)[O-])cc12.Cl. The molecule has 0 aliphatic carbocycles. The number of aromatic nitrogens is 2. The van der Waals surface area contributed by atoms with Gasteiger partial charge in [0.05, 0.1) is 16.0 Å². The van der Waals surface area contributed by atoms with Crippen LogP contribution in [0.5, 0.6) is 0 Å². The van der Waals surface area contributed by atoms with Crippen molar-refractivity contribution in [3.63, 3.8) is 0 Å². The average Bonchev–Trinajstić information content (AvgIpc) is 2.95. The summed E-state index contributed by atoms with van der Waals surface area (Å²) in [5.41, 5.74) is 5.90. The number of nitro benzene ring substituents is 1. The third-order valence-corrected chi connectivity index (χ3v) is 4.10. The number of rotatable bonds is 6. The van der Waals surface area contributed by atoms with Crippen LogP contribution in [0.2, 0.25) is 0 Å². The van der Waals surface area contributed by atoms with Gasteiger partial charge in [-0.3, -0.25) is 20.0 Å². The summed E-state index contributed by atoms with van der Waals surface area (Å²) in [6.07, 6.45) is 1.38. The molecule has 0 saturated heterocycles. The molecule has 0 aliphatic rings. The predicted molar refractivity (Wildman–Crippen MR) is 89.8 cm³/mol. The number of hydrogen-bond acceptors (Lipinski definition) is 5. The van der Waals surface area contributed by atoms with E-state index in [9.17, 15) is 14.9 Å². The molecule has 1 aromatic heterocycles. The second kappa shape index (κ2) is 7.38. The molecule has 126 valence electrons. The Hall–Kier alpha value is -2.19. The van der Waals surface area contributed by atoms with E-state index >= 15 is 0 Å². The van der Waals surface area contributed by atoms with Crippen molar-refractivity contribution in [2.75, 3.05) is 6.54 Å². The molecule has 1 aromatic carbocycles. The van der Waals surface area contributed by atoms with Gasteiger partial charge in [0.1, 0.15) is 0 Å². The lowest BCUT2D eigenvalue weighted by Gasteiger charge is -2.31. The fraction of sp³-hybridized carbons (Fsp3) is 0.429. The highest BCUT2D eigenvalue weighted by Gasteiger charge is 2.28. The van der Waals surface area contributed by atoms with Crippen molar-refractivity contribution in [3.8, 4) is 0 Å².